The minimum atomic E-state index is -4.56. The van der Waals surface area contributed by atoms with Gasteiger partial charge in [-0.25, -0.2) is 22.9 Å². The van der Waals surface area contributed by atoms with Gasteiger partial charge in [0.15, 0.2) is 0 Å². The van der Waals surface area contributed by atoms with Crippen molar-refractivity contribution in [2.24, 2.45) is 0 Å². The molecule has 1 aromatic carbocycles. The van der Waals surface area contributed by atoms with E-state index in [0.29, 0.717) is 6.20 Å². The number of pyridine rings is 1. The van der Waals surface area contributed by atoms with E-state index in [4.69, 9.17) is 11.6 Å². The molecule has 152 valence electrons. The number of urea groups is 1. The maximum absolute atomic E-state index is 12.6. The van der Waals surface area contributed by atoms with E-state index in [1.807, 2.05) is 4.72 Å². The average molecular weight is 437 g/mol. The number of alkyl halides is 3. The number of sulfonamides is 1. The third-order valence-electron chi connectivity index (χ3n) is 3.43. The highest BCUT2D eigenvalue weighted by atomic mass is 35.5. The van der Waals surface area contributed by atoms with Crippen LogP contribution in [-0.4, -0.2) is 32.5 Å². The summed E-state index contributed by atoms with van der Waals surface area (Å²) in [7, 11) is -4.01. The Kier molecular flexibility index (Phi) is 6.73. The number of aromatic nitrogens is 1. The van der Waals surface area contributed by atoms with E-state index in [0.717, 1.165) is 11.6 Å². The van der Waals surface area contributed by atoms with Crippen LogP contribution in [0.25, 0.3) is 0 Å². The number of halogens is 4. The van der Waals surface area contributed by atoms with Crippen molar-refractivity contribution >= 4 is 33.5 Å². The molecule has 0 aliphatic rings. The van der Waals surface area contributed by atoms with Gasteiger partial charge in [-0.05, 0) is 25.1 Å². The van der Waals surface area contributed by atoms with Gasteiger partial charge in [-0.1, -0.05) is 29.3 Å². The van der Waals surface area contributed by atoms with Crippen LogP contribution in [-0.2, 0) is 16.2 Å². The molecule has 0 saturated heterocycles. The molecule has 0 atom stereocenters. The number of rotatable bonds is 6. The monoisotopic (exact) mass is 436 g/mol. The molecule has 0 fully saturated rings. The Morgan fingerprint density at radius 3 is 2.39 bits per heavy atom. The first kappa shape index (κ1) is 21.8. The van der Waals surface area contributed by atoms with Gasteiger partial charge in [0, 0.05) is 19.3 Å². The largest absolute Gasteiger partial charge is 0.417 e. The summed E-state index contributed by atoms with van der Waals surface area (Å²) in [5.74, 6) is 0.00384. The summed E-state index contributed by atoms with van der Waals surface area (Å²) in [4.78, 5) is 15.3. The van der Waals surface area contributed by atoms with E-state index in [1.165, 1.54) is 12.1 Å². The molecule has 28 heavy (non-hydrogen) atoms. The number of amides is 2. The van der Waals surface area contributed by atoms with Gasteiger partial charge < -0.3 is 10.6 Å². The molecule has 2 aromatic rings. The first-order chi connectivity index (χ1) is 13.0. The number of nitrogens with one attached hydrogen (secondary N) is 3. The molecule has 2 amide bonds. The van der Waals surface area contributed by atoms with E-state index >= 15 is 0 Å². The summed E-state index contributed by atoms with van der Waals surface area (Å²) in [5, 5.41) is 4.71. The SMILES string of the molecule is Cc1ccc(S(=O)(=O)NC(=O)NCCNc2ncc(C(F)(F)F)cc2Cl)cc1. The fourth-order valence-corrected chi connectivity index (χ4v) is 3.18. The Labute approximate surface area is 164 Å². The molecule has 0 radical (unpaired) electrons. The van der Waals surface area contributed by atoms with E-state index < -0.39 is 27.8 Å². The van der Waals surface area contributed by atoms with Crippen molar-refractivity contribution < 1.29 is 26.4 Å². The highest BCUT2D eigenvalue weighted by molar-refractivity contribution is 7.90. The summed E-state index contributed by atoms with van der Waals surface area (Å²) in [5.41, 5.74) is -0.119. The number of nitrogens with zero attached hydrogens (tertiary/aromatic N) is 1. The fraction of sp³-hybridized carbons (Fsp3) is 0.250. The lowest BCUT2D eigenvalue weighted by Gasteiger charge is -2.12. The molecule has 0 spiro atoms. The number of carbonyl (C=O) groups excluding carboxylic acids is 1. The van der Waals surface area contributed by atoms with Gasteiger partial charge in [0.25, 0.3) is 10.0 Å². The number of hydrogen-bond acceptors (Lipinski definition) is 5. The van der Waals surface area contributed by atoms with Crippen molar-refractivity contribution in [3.05, 3.63) is 52.7 Å². The van der Waals surface area contributed by atoms with Gasteiger partial charge in [-0.15, -0.1) is 0 Å². The van der Waals surface area contributed by atoms with Gasteiger partial charge >= 0.3 is 12.2 Å². The van der Waals surface area contributed by atoms with Crippen LogP contribution in [0.4, 0.5) is 23.8 Å². The van der Waals surface area contributed by atoms with Crippen molar-refractivity contribution in [1.29, 1.82) is 0 Å². The molecular weight excluding hydrogens is 421 g/mol. The van der Waals surface area contributed by atoms with Crippen molar-refractivity contribution in [2.75, 3.05) is 18.4 Å². The third kappa shape index (κ3) is 5.99. The molecule has 0 saturated carbocycles. The van der Waals surface area contributed by atoms with Crippen LogP contribution in [0, 0.1) is 6.92 Å². The van der Waals surface area contributed by atoms with Crippen LogP contribution in [0.15, 0.2) is 41.4 Å². The van der Waals surface area contributed by atoms with E-state index in [1.54, 1.807) is 19.1 Å². The van der Waals surface area contributed by atoms with Crippen LogP contribution in [0.1, 0.15) is 11.1 Å². The maximum Gasteiger partial charge on any atom is 0.417 e. The Bertz CT molecular complexity index is 951. The minimum absolute atomic E-state index is 0.00384. The number of aryl methyl sites for hydroxylation is 1. The molecule has 1 aromatic heterocycles. The molecule has 2 rings (SSSR count). The molecule has 3 N–H and O–H groups in total. The molecule has 1 heterocycles. The van der Waals surface area contributed by atoms with Crippen LogP contribution in [0.2, 0.25) is 5.02 Å². The number of carbonyl (C=O) groups is 1. The van der Waals surface area contributed by atoms with Gasteiger partial charge in [-0.3, -0.25) is 0 Å². The van der Waals surface area contributed by atoms with Crippen LogP contribution in [0.5, 0.6) is 0 Å². The van der Waals surface area contributed by atoms with Crippen molar-refractivity contribution in [1.82, 2.24) is 15.0 Å². The molecular formula is C16H16ClF3N4O3S. The zero-order chi connectivity index (χ0) is 20.9. The van der Waals surface area contributed by atoms with Crippen molar-refractivity contribution in [3.63, 3.8) is 0 Å². The Balaban J connectivity index is 1.83. The molecule has 0 unspecified atom stereocenters. The Hall–Kier alpha value is -2.53. The van der Waals surface area contributed by atoms with Crippen LogP contribution < -0.4 is 15.4 Å². The fourth-order valence-electron chi connectivity index (χ4n) is 2.01. The molecule has 12 heteroatoms. The maximum atomic E-state index is 12.6. The second-order valence-corrected chi connectivity index (χ2v) is 7.74. The van der Waals surface area contributed by atoms with Crippen LogP contribution in [0.3, 0.4) is 0 Å². The smallest absolute Gasteiger partial charge is 0.367 e. The Morgan fingerprint density at radius 1 is 1.18 bits per heavy atom. The third-order valence-corrected chi connectivity index (χ3v) is 5.06. The zero-order valence-corrected chi connectivity index (χ0v) is 16.0. The molecule has 7 nitrogen and oxygen atoms in total. The van der Waals surface area contributed by atoms with Crippen molar-refractivity contribution in [2.45, 2.75) is 18.0 Å². The first-order valence-electron chi connectivity index (χ1n) is 7.83. The predicted octanol–water partition coefficient (Wildman–Crippen LogP) is 3.16. The summed E-state index contributed by atoms with van der Waals surface area (Å²) >= 11 is 5.74. The minimum Gasteiger partial charge on any atom is -0.367 e. The second-order valence-electron chi connectivity index (χ2n) is 5.65. The van der Waals surface area contributed by atoms with E-state index in [9.17, 15) is 26.4 Å². The predicted molar refractivity (Wildman–Crippen MR) is 97.6 cm³/mol. The van der Waals surface area contributed by atoms with E-state index in [2.05, 4.69) is 15.6 Å². The van der Waals surface area contributed by atoms with Gasteiger partial charge in [0.1, 0.15) is 5.82 Å². The molecule has 0 aliphatic heterocycles. The van der Waals surface area contributed by atoms with Crippen molar-refractivity contribution in [3.8, 4) is 0 Å². The second kappa shape index (κ2) is 8.65. The van der Waals surface area contributed by atoms with Gasteiger partial charge in [0.05, 0.1) is 15.5 Å². The standard InChI is InChI=1S/C16H16ClF3N4O3S/c1-10-2-4-12(5-3-10)28(26,27)24-15(25)22-7-6-21-14-13(17)8-11(9-23-14)16(18,19)20/h2-5,8-9H,6-7H2,1H3,(H,21,23)(H2,22,24,25). The molecule has 0 bridgehead atoms. The van der Waals surface area contributed by atoms with Gasteiger partial charge in [0.2, 0.25) is 0 Å². The lowest BCUT2D eigenvalue weighted by atomic mass is 10.2. The lowest BCUT2D eigenvalue weighted by molar-refractivity contribution is -0.137. The number of hydrogen-bond donors (Lipinski definition) is 3. The topological polar surface area (TPSA) is 100 Å². The zero-order valence-electron chi connectivity index (χ0n) is 14.5. The highest BCUT2D eigenvalue weighted by Gasteiger charge is 2.31. The van der Waals surface area contributed by atoms with Crippen LogP contribution >= 0.6 is 11.6 Å². The normalized spacial score (nSPS) is 11.8. The summed E-state index contributed by atoms with van der Waals surface area (Å²) in [6.45, 7) is 1.81. The quantitative estimate of drug-likeness (QED) is 0.604. The molecule has 0 aliphatic carbocycles. The first-order valence-corrected chi connectivity index (χ1v) is 9.69. The van der Waals surface area contributed by atoms with Gasteiger partial charge in [-0.2, -0.15) is 13.2 Å². The highest BCUT2D eigenvalue weighted by Crippen LogP contribution is 2.32. The number of anilines is 1. The number of benzene rings is 1. The summed E-state index contributed by atoms with van der Waals surface area (Å²) in [6.07, 6.45) is -3.93. The summed E-state index contributed by atoms with van der Waals surface area (Å²) in [6, 6.07) is 5.70. The summed E-state index contributed by atoms with van der Waals surface area (Å²) < 4.78 is 63.6. The van der Waals surface area contributed by atoms with E-state index in [-0.39, 0.29) is 28.8 Å². The average Bonchev–Trinajstić information content (AvgIpc) is 2.59. The lowest BCUT2D eigenvalue weighted by Crippen LogP contribution is -2.41. The Morgan fingerprint density at radius 2 is 1.82 bits per heavy atom.